The van der Waals surface area contributed by atoms with Crippen molar-refractivity contribution in [3.05, 3.63) is 58.7 Å². The number of esters is 1. The molecule has 27 heavy (non-hydrogen) atoms. The van der Waals surface area contributed by atoms with Gasteiger partial charge < -0.3 is 9.15 Å². The molecule has 2 heterocycles. The van der Waals surface area contributed by atoms with Crippen LogP contribution in [-0.2, 0) is 16.6 Å². The van der Waals surface area contributed by atoms with Gasteiger partial charge in [0.05, 0.1) is 5.69 Å². The van der Waals surface area contributed by atoms with Gasteiger partial charge in [-0.3, -0.25) is 4.68 Å². The zero-order valence-electron chi connectivity index (χ0n) is 16.1. The second kappa shape index (κ2) is 7.57. The van der Waals surface area contributed by atoms with Crippen molar-refractivity contribution >= 4 is 12.0 Å². The number of hydrogen-bond acceptors (Lipinski definition) is 6. The Morgan fingerprint density at radius 3 is 2.52 bits per heavy atom. The van der Waals surface area contributed by atoms with Crippen LogP contribution in [0.5, 0.6) is 0 Å². The van der Waals surface area contributed by atoms with E-state index in [4.69, 9.17) is 9.15 Å². The molecule has 1 atom stereocenters. The Bertz CT molecular complexity index is 983. The molecule has 1 aromatic carbocycles. The van der Waals surface area contributed by atoms with Crippen LogP contribution in [0, 0.1) is 20.8 Å². The molecule has 7 heteroatoms. The van der Waals surface area contributed by atoms with E-state index >= 15 is 0 Å². The second-order valence-electron chi connectivity index (χ2n) is 6.43. The van der Waals surface area contributed by atoms with Crippen LogP contribution < -0.4 is 0 Å². The molecule has 0 aliphatic rings. The summed E-state index contributed by atoms with van der Waals surface area (Å²) in [7, 11) is 1.86. The molecule has 0 spiro atoms. The van der Waals surface area contributed by atoms with Crippen LogP contribution in [0.2, 0.25) is 0 Å². The molecule has 2 aromatic heterocycles. The number of benzene rings is 1. The third-order valence-corrected chi connectivity index (χ3v) is 4.33. The highest BCUT2D eigenvalue weighted by molar-refractivity contribution is 5.87. The standard InChI is InChI=1S/C20H22N4O3/c1-12-6-8-16(9-7-12)20-22-21-19(27-20)15(4)26-18(25)11-10-17-13(2)23-24(5)14(17)3/h6-11,15H,1-5H3/b11-10+/t15-/m0/s1. The van der Waals surface area contributed by atoms with Gasteiger partial charge in [0.15, 0.2) is 6.10 Å². The molecule has 0 aliphatic carbocycles. The summed E-state index contributed by atoms with van der Waals surface area (Å²) in [6.07, 6.45) is 2.44. The van der Waals surface area contributed by atoms with Crippen LogP contribution in [0.25, 0.3) is 17.5 Å². The Morgan fingerprint density at radius 1 is 1.19 bits per heavy atom. The van der Waals surface area contributed by atoms with Crippen molar-refractivity contribution in [3.8, 4) is 11.5 Å². The van der Waals surface area contributed by atoms with Crippen LogP contribution >= 0.6 is 0 Å². The van der Waals surface area contributed by atoms with Gasteiger partial charge in [-0.15, -0.1) is 10.2 Å². The molecule has 3 rings (SSSR count). The van der Waals surface area contributed by atoms with Gasteiger partial charge in [0.2, 0.25) is 5.89 Å². The van der Waals surface area contributed by atoms with Crippen LogP contribution in [0.15, 0.2) is 34.8 Å². The summed E-state index contributed by atoms with van der Waals surface area (Å²) in [5.74, 6) is 0.159. The Labute approximate surface area is 157 Å². The largest absolute Gasteiger partial charge is 0.449 e. The summed E-state index contributed by atoms with van der Waals surface area (Å²) in [4.78, 5) is 12.1. The fourth-order valence-electron chi connectivity index (χ4n) is 2.66. The van der Waals surface area contributed by atoms with Gasteiger partial charge in [0.25, 0.3) is 5.89 Å². The van der Waals surface area contributed by atoms with Gasteiger partial charge in [0, 0.05) is 29.9 Å². The summed E-state index contributed by atoms with van der Waals surface area (Å²) in [6, 6.07) is 7.75. The molecule has 0 aliphatic heterocycles. The Balaban J connectivity index is 1.66. The van der Waals surface area contributed by atoms with Gasteiger partial charge in [-0.1, -0.05) is 17.7 Å². The van der Waals surface area contributed by atoms with Crippen molar-refractivity contribution in [2.75, 3.05) is 0 Å². The minimum absolute atomic E-state index is 0.251. The molecule has 0 radical (unpaired) electrons. The first kappa shape index (κ1) is 18.6. The number of carbonyl (C=O) groups excluding carboxylic acids is 1. The highest BCUT2D eigenvalue weighted by atomic mass is 16.6. The number of nitrogens with zero attached hydrogens (tertiary/aromatic N) is 4. The third kappa shape index (κ3) is 4.13. The number of aryl methyl sites for hydroxylation is 3. The predicted octanol–water partition coefficient (Wildman–Crippen LogP) is 3.71. The zero-order chi connectivity index (χ0) is 19.6. The van der Waals surface area contributed by atoms with E-state index in [1.165, 1.54) is 6.08 Å². The van der Waals surface area contributed by atoms with Gasteiger partial charge in [0.1, 0.15) is 0 Å². The predicted molar refractivity (Wildman–Crippen MR) is 101 cm³/mol. The van der Waals surface area contributed by atoms with E-state index < -0.39 is 12.1 Å². The number of carbonyl (C=O) groups is 1. The van der Waals surface area contributed by atoms with Gasteiger partial charge in [-0.25, -0.2) is 4.79 Å². The normalized spacial score (nSPS) is 12.5. The highest BCUT2D eigenvalue weighted by Gasteiger charge is 2.18. The fraction of sp³-hybridized carbons (Fsp3) is 0.300. The lowest BCUT2D eigenvalue weighted by Gasteiger charge is -2.06. The first-order chi connectivity index (χ1) is 12.8. The van der Waals surface area contributed by atoms with Crippen LogP contribution in [-0.4, -0.2) is 25.9 Å². The van der Waals surface area contributed by atoms with Crippen molar-refractivity contribution in [3.63, 3.8) is 0 Å². The molecule has 7 nitrogen and oxygen atoms in total. The molecule has 0 saturated heterocycles. The first-order valence-electron chi connectivity index (χ1n) is 8.64. The van der Waals surface area contributed by atoms with Crippen molar-refractivity contribution in [1.29, 1.82) is 0 Å². The van der Waals surface area contributed by atoms with Crippen molar-refractivity contribution in [2.24, 2.45) is 7.05 Å². The summed E-state index contributed by atoms with van der Waals surface area (Å²) >= 11 is 0. The number of aromatic nitrogens is 4. The van der Waals surface area contributed by atoms with E-state index in [2.05, 4.69) is 15.3 Å². The van der Waals surface area contributed by atoms with E-state index in [-0.39, 0.29) is 5.89 Å². The lowest BCUT2D eigenvalue weighted by Crippen LogP contribution is -2.06. The molecule has 0 unspecified atom stereocenters. The van der Waals surface area contributed by atoms with Crippen molar-refractivity contribution < 1.29 is 13.9 Å². The highest BCUT2D eigenvalue weighted by Crippen LogP contribution is 2.23. The van der Waals surface area contributed by atoms with E-state index in [0.717, 1.165) is 28.1 Å². The molecule has 0 bridgehead atoms. The summed E-state index contributed by atoms with van der Waals surface area (Å²) in [5.41, 5.74) is 4.70. The van der Waals surface area contributed by atoms with Gasteiger partial charge >= 0.3 is 5.97 Å². The second-order valence-corrected chi connectivity index (χ2v) is 6.43. The van der Waals surface area contributed by atoms with E-state index in [0.29, 0.717) is 5.89 Å². The van der Waals surface area contributed by atoms with Crippen molar-refractivity contribution in [2.45, 2.75) is 33.8 Å². The molecule has 140 valence electrons. The summed E-state index contributed by atoms with van der Waals surface area (Å²) in [5, 5.41) is 12.3. The van der Waals surface area contributed by atoms with E-state index in [9.17, 15) is 4.79 Å². The molecule has 0 N–H and O–H groups in total. The lowest BCUT2D eigenvalue weighted by molar-refractivity contribution is -0.143. The monoisotopic (exact) mass is 366 g/mol. The summed E-state index contributed by atoms with van der Waals surface area (Å²) in [6.45, 7) is 7.54. The smallest absolute Gasteiger partial charge is 0.331 e. The molecular formula is C20H22N4O3. The lowest BCUT2D eigenvalue weighted by atomic mass is 10.1. The minimum Gasteiger partial charge on any atom is -0.449 e. The average molecular weight is 366 g/mol. The zero-order valence-corrected chi connectivity index (χ0v) is 16.1. The fourth-order valence-corrected chi connectivity index (χ4v) is 2.66. The molecule has 0 amide bonds. The van der Waals surface area contributed by atoms with Crippen molar-refractivity contribution in [1.82, 2.24) is 20.0 Å². The van der Waals surface area contributed by atoms with Gasteiger partial charge in [-0.2, -0.15) is 5.10 Å². The van der Waals surface area contributed by atoms with Gasteiger partial charge in [-0.05, 0) is 45.9 Å². The average Bonchev–Trinajstić information content (AvgIpc) is 3.20. The summed E-state index contributed by atoms with van der Waals surface area (Å²) < 4.78 is 12.8. The van der Waals surface area contributed by atoms with E-state index in [1.807, 2.05) is 52.1 Å². The van der Waals surface area contributed by atoms with Crippen LogP contribution in [0.3, 0.4) is 0 Å². The molecule has 0 fully saturated rings. The van der Waals surface area contributed by atoms with Crippen LogP contribution in [0.4, 0.5) is 0 Å². The quantitative estimate of drug-likeness (QED) is 0.506. The Hall–Kier alpha value is -3.22. The Kier molecular flexibility index (Phi) is 5.21. The maximum atomic E-state index is 12.1. The van der Waals surface area contributed by atoms with E-state index in [1.54, 1.807) is 17.7 Å². The van der Waals surface area contributed by atoms with Crippen LogP contribution in [0.1, 0.15) is 41.4 Å². The number of hydrogen-bond donors (Lipinski definition) is 0. The molecule has 0 saturated carbocycles. The first-order valence-corrected chi connectivity index (χ1v) is 8.64. The topological polar surface area (TPSA) is 83.0 Å². The maximum absolute atomic E-state index is 12.1. The Morgan fingerprint density at radius 2 is 1.89 bits per heavy atom. The number of rotatable bonds is 5. The number of ether oxygens (including phenoxy) is 1. The molecular weight excluding hydrogens is 344 g/mol. The molecule has 3 aromatic rings. The third-order valence-electron chi connectivity index (χ3n) is 4.33. The SMILES string of the molecule is Cc1ccc(-c2nnc([C@H](C)OC(=O)/C=C/c3c(C)nn(C)c3C)o2)cc1. The minimum atomic E-state index is -0.648. The maximum Gasteiger partial charge on any atom is 0.331 e.